The zero-order chi connectivity index (χ0) is 13.2. The van der Waals surface area contributed by atoms with E-state index in [1.807, 2.05) is 20.8 Å². The number of carboxylic acids is 1. The van der Waals surface area contributed by atoms with E-state index in [4.69, 9.17) is 9.84 Å². The molecule has 0 aliphatic heterocycles. The Bertz CT molecular complexity index is 453. The lowest BCUT2D eigenvalue weighted by molar-refractivity contribution is -0.136. The summed E-state index contributed by atoms with van der Waals surface area (Å²) in [7, 11) is 1.62. The first-order valence-electron chi connectivity index (χ1n) is 5.44. The van der Waals surface area contributed by atoms with E-state index in [-0.39, 0.29) is 6.42 Å². The van der Waals surface area contributed by atoms with E-state index in [9.17, 15) is 4.79 Å². The number of hydrogen-bond acceptors (Lipinski definition) is 2. The maximum absolute atomic E-state index is 10.7. The van der Waals surface area contributed by atoms with Gasteiger partial charge in [-0.1, -0.05) is 15.9 Å². The monoisotopic (exact) mass is 300 g/mol. The molecule has 0 radical (unpaired) electrons. The van der Waals surface area contributed by atoms with Crippen molar-refractivity contribution in [2.45, 2.75) is 33.6 Å². The van der Waals surface area contributed by atoms with Gasteiger partial charge in [-0.15, -0.1) is 0 Å². The molecule has 0 unspecified atom stereocenters. The minimum absolute atomic E-state index is 0.117. The van der Waals surface area contributed by atoms with E-state index in [0.29, 0.717) is 6.42 Å². The van der Waals surface area contributed by atoms with Gasteiger partial charge in [0, 0.05) is 10.9 Å². The Morgan fingerprint density at radius 3 is 2.29 bits per heavy atom. The summed E-state index contributed by atoms with van der Waals surface area (Å²) < 4.78 is 6.45. The van der Waals surface area contributed by atoms with Crippen LogP contribution in [0.15, 0.2) is 4.47 Å². The van der Waals surface area contributed by atoms with E-state index in [0.717, 1.165) is 32.5 Å². The van der Waals surface area contributed by atoms with Crippen LogP contribution in [0.3, 0.4) is 0 Å². The average molecular weight is 301 g/mol. The number of carbonyl (C=O) groups is 1. The third-order valence-electron chi connectivity index (χ3n) is 3.08. The summed E-state index contributed by atoms with van der Waals surface area (Å²) in [4.78, 5) is 10.7. The Morgan fingerprint density at radius 2 is 1.82 bits per heavy atom. The summed E-state index contributed by atoms with van der Waals surface area (Å²) in [6.45, 7) is 5.99. The molecule has 1 aromatic rings. The first-order valence-corrected chi connectivity index (χ1v) is 6.23. The molecule has 0 amide bonds. The maximum Gasteiger partial charge on any atom is 0.303 e. The predicted octanol–water partition coefficient (Wildman–Crippen LogP) is 3.40. The summed E-state index contributed by atoms with van der Waals surface area (Å²) in [5.74, 6) is 0.0188. The fourth-order valence-corrected chi connectivity index (χ4v) is 2.49. The van der Waals surface area contributed by atoms with Crippen molar-refractivity contribution in [2.24, 2.45) is 0 Å². The van der Waals surface area contributed by atoms with Gasteiger partial charge in [-0.3, -0.25) is 4.79 Å². The maximum atomic E-state index is 10.7. The highest BCUT2D eigenvalue weighted by atomic mass is 79.9. The molecule has 0 heterocycles. The number of benzene rings is 1. The molecule has 3 nitrogen and oxygen atoms in total. The van der Waals surface area contributed by atoms with Gasteiger partial charge in [0.15, 0.2) is 0 Å². The van der Waals surface area contributed by atoms with Crippen LogP contribution in [0.4, 0.5) is 0 Å². The second-order valence-electron chi connectivity index (χ2n) is 4.09. The Hall–Kier alpha value is -1.03. The highest BCUT2D eigenvalue weighted by Crippen LogP contribution is 2.36. The number of halogens is 1. The summed E-state index contributed by atoms with van der Waals surface area (Å²) in [5, 5.41) is 8.77. The van der Waals surface area contributed by atoms with Gasteiger partial charge in [-0.05, 0) is 49.4 Å². The predicted molar refractivity (Wildman–Crippen MR) is 70.9 cm³/mol. The lowest BCUT2D eigenvalue weighted by Gasteiger charge is -2.18. The van der Waals surface area contributed by atoms with Crippen LogP contribution in [-0.4, -0.2) is 18.2 Å². The Labute approximate surface area is 110 Å². The Kier molecular flexibility index (Phi) is 4.57. The second kappa shape index (κ2) is 5.54. The van der Waals surface area contributed by atoms with Crippen LogP contribution < -0.4 is 4.74 Å². The van der Waals surface area contributed by atoms with Gasteiger partial charge in [-0.2, -0.15) is 0 Å². The normalized spacial score (nSPS) is 10.4. The van der Waals surface area contributed by atoms with Crippen molar-refractivity contribution in [3.63, 3.8) is 0 Å². The van der Waals surface area contributed by atoms with E-state index >= 15 is 0 Å². The molecule has 0 fully saturated rings. The topological polar surface area (TPSA) is 46.5 Å². The van der Waals surface area contributed by atoms with Crippen molar-refractivity contribution >= 4 is 21.9 Å². The van der Waals surface area contributed by atoms with Gasteiger partial charge in [-0.25, -0.2) is 0 Å². The molecule has 0 spiro atoms. The largest absolute Gasteiger partial charge is 0.496 e. The van der Waals surface area contributed by atoms with Crippen LogP contribution in [-0.2, 0) is 11.2 Å². The van der Waals surface area contributed by atoms with Crippen LogP contribution in [0, 0.1) is 20.8 Å². The molecule has 0 aliphatic carbocycles. The number of methoxy groups -OCH3 is 1. The summed E-state index contributed by atoms with van der Waals surface area (Å²) >= 11 is 3.55. The third kappa shape index (κ3) is 2.80. The number of rotatable bonds is 4. The highest BCUT2D eigenvalue weighted by Gasteiger charge is 2.17. The second-order valence-corrected chi connectivity index (χ2v) is 4.89. The van der Waals surface area contributed by atoms with Crippen LogP contribution in [0.2, 0.25) is 0 Å². The zero-order valence-electron chi connectivity index (χ0n) is 10.6. The lowest BCUT2D eigenvalue weighted by Crippen LogP contribution is -2.05. The van der Waals surface area contributed by atoms with Crippen molar-refractivity contribution in [1.82, 2.24) is 0 Å². The van der Waals surface area contributed by atoms with E-state index in [1.165, 1.54) is 0 Å². The van der Waals surface area contributed by atoms with Crippen molar-refractivity contribution < 1.29 is 14.6 Å². The minimum atomic E-state index is -0.791. The van der Waals surface area contributed by atoms with Gasteiger partial charge in [0.05, 0.1) is 7.11 Å². The van der Waals surface area contributed by atoms with E-state index in [2.05, 4.69) is 15.9 Å². The van der Waals surface area contributed by atoms with Crippen LogP contribution in [0.5, 0.6) is 5.75 Å². The molecule has 0 bridgehead atoms. The molecular formula is C13H17BrO3. The molecule has 0 aromatic heterocycles. The van der Waals surface area contributed by atoms with E-state index < -0.39 is 5.97 Å². The molecule has 0 saturated carbocycles. The first kappa shape index (κ1) is 14.0. The number of ether oxygens (including phenoxy) is 1. The smallest absolute Gasteiger partial charge is 0.303 e. The number of aliphatic carboxylic acids is 1. The fraction of sp³-hybridized carbons (Fsp3) is 0.462. The summed E-state index contributed by atoms with van der Waals surface area (Å²) in [6, 6.07) is 0. The van der Waals surface area contributed by atoms with Crippen molar-refractivity contribution in [1.29, 1.82) is 0 Å². The summed E-state index contributed by atoms with van der Waals surface area (Å²) in [5.41, 5.74) is 4.24. The van der Waals surface area contributed by atoms with Crippen LogP contribution in [0.1, 0.15) is 28.7 Å². The minimum Gasteiger partial charge on any atom is -0.496 e. The average Bonchev–Trinajstić information content (AvgIpc) is 2.29. The Morgan fingerprint density at radius 1 is 1.24 bits per heavy atom. The molecule has 0 aliphatic rings. The van der Waals surface area contributed by atoms with E-state index in [1.54, 1.807) is 7.11 Å². The molecule has 0 atom stereocenters. The lowest BCUT2D eigenvalue weighted by atomic mass is 9.96. The quantitative estimate of drug-likeness (QED) is 0.927. The van der Waals surface area contributed by atoms with Gasteiger partial charge in [0.25, 0.3) is 0 Å². The molecular weight excluding hydrogens is 284 g/mol. The standard InChI is InChI=1S/C13H17BrO3/c1-7-8(2)13(17-4)10(5-6-11(15)16)9(3)12(7)14/h5-6H2,1-4H3,(H,15,16). The molecule has 17 heavy (non-hydrogen) atoms. The number of carboxylic acid groups (broad SMARTS) is 1. The van der Waals surface area contributed by atoms with Gasteiger partial charge < -0.3 is 9.84 Å². The number of hydrogen-bond donors (Lipinski definition) is 1. The first-order chi connectivity index (χ1) is 7.90. The van der Waals surface area contributed by atoms with Gasteiger partial charge in [0.1, 0.15) is 5.75 Å². The van der Waals surface area contributed by atoms with Crippen molar-refractivity contribution in [2.75, 3.05) is 7.11 Å². The SMILES string of the molecule is COc1c(C)c(C)c(Br)c(C)c1CCC(=O)O. The van der Waals surface area contributed by atoms with Crippen molar-refractivity contribution in [3.05, 3.63) is 26.7 Å². The fourth-order valence-electron chi connectivity index (χ4n) is 1.95. The van der Waals surface area contributed by atoms with Crippen LogP contribution >= 0.6 is 15.9 Å². The zero-order valence-corrected chi connectivity index (χ0v) is 12.1. The van der Waals surface area contributed by atoms with Crippen molar-refractivity contribution in [3.8, 4) is 5.75 Å². The Balaban J connectivity index is 3.31. The molecule has 4 heteroatoms. The van der Waals surface area contributed by atoms with Gasteiger partial charge >= 0.3 is 5.97 Å². The molecule has 0 saturated heterocycles. The molecule has 94 valence electrons. The molecule has 1 aromatic carbocycles. The van der Waals surface area contributed by atoms with Crippen LogP contribution in [0.25, 0.3) is 0 Å². The molecule has 1 N–H and O–H groups in total. The highest BCUT2D eigenvalue weighted by molar-refractivity contribution is 9.10. The molecule has 1 rings (SSSR count). The summed E-state index contributed by atoms with van der Waals surface area (Å²) in [6.07, 6.45) is 0.607. The third-order valence-corrected chi connectivity index (χ3v) is 4.27. The van der Waals surface area contributed by atoms with Gasteiger partial charge in [0.2, 0.25) is 0 Å².